The van der Waals surface area contributed by atoms with E-state index in [1.165, 1.54) is 14.0 Å². The van der Waals surface area contributed by atoms with E-state index in [0.29, 0.717) is 16.5 Å². The second-order valence-corrected chi connectivity index (χ2v) is 6.49. The molecule has 0 atom stereocenters. The van der Waals surface area contributed by atoms with Crippen LogP contribution in [0, 0.1) is 13.8 Å². The largest absolute Gasteiger partial charge is 0.495 e. The van der Waals surface area contributed by atoms with Crippen LogP contribution in [0.5, 0.6) is 5.75 Å². The lowest BCUT2D eigenvalue weighted by Gasteiger charge is -2.25. The van der Waals surface area contributed by atoms with Crippen LogP contribution in [0.4, 0.5) is 11.4 Å². The second kappa shape index (κ2) is 8.72. The Kier molecular flexibility index (Phi) is 6.64. The number of hydrogen-bond donors (Lipinski definition) is 1. The smallest absolute Gasteiger partial charge is 0.226 e. The number of rotatable bonds is 6. The minimum atomic E-state index is -0.219. The Hall–Kier alpha value is -2.53. The molecule has 0 spiro atoms. The van der Waals surface area contributed by atoms with Crippen molar-refractivity contribution in [2.45, 2.75) is 27.2 Å². The molecule has 138 valence electrons. The molecule has 0 aliphatic carbocycles. The summed E-state index contributed by atoms with van der Waals surface area (Å²) in [5.74, 6) is 0.208. The first kappa shape index (κ1) is 19.8. The number of hydrogen-bond acceptors (Lipinski definition) is 3. The maximum Gasteiger partial charge on any atom is 0.226 e. The third-order valence-corrected chi connectivity index (χ3v) is 4.32. The minimum absolute atomic E-state index is 0.101. The van der Waals surface area contributed by atoms with Crippen molar-refractivity contribution in [3.8, 4) is 5.75 Å². The number of benzene rings is 2. The summed E-state index contributed by atoms with van der Waals surface area (Å²) in [5.41, 5.74) is 3.36. The molecule has 0 aromatic heterocycles. The van der Waals surface area contributed by atoms with Gasteiger partial charge in [-0.3, -0.25) is 9.59 Å². The molecule has 0 aliphatic heterocycles. The highest BCUT2D eigenvalue weighted by molar-refractivity contribution is 6.31. The normalized spacial score (nSPS) is 10.3. The number of methoxy groups -OCH3 is 1. The number of nitrogens with zero attached hydrogens (tertiary/aromatic N) is 1. The molecule has 0 saturated heterocycles. The van der Waals surface area contributed by atoms with E-state index in [-0.39, 0.29) is 24.8 Å². The molecule has 2 amide bonds. The van der Waals surface area contributed by atoms with Crippen LogP contribution in [-0.2, 0) is 9.59 Å². The van der Waals surface area contributed by atoms with E-state index in [9.17, 15) is 9.59 Å². The molecule has 6 heteroatoms. The van der Waals surface area contributed by atoms with Gasteiger partial charge in [0, 0.05) is 30.6 Å². The summed E-state index contributed by atoms with van der Waals surface area (Å²) in [5, 5.41) is 3.29. The first-order valence-electron chi connectivity index (χ1n) is 8.31. The predicted octanol–water partition coefficient (Wildman–Crippen LogP) is 4.35. The molecule has 2 aromatic rings. The Morgan fingerprint density at radius 2 is 1.81 bits per heavy atom. The minimum Gasteiger partial charge on any atom is -0.495 e. The van der Waals surface area contributed by atoms with Crippen LogP contribution in [0.1, 0.15) is 24.5 Å². The van der Waals surface area contributed by atoms with E-state index in [4.69, 9.17) is 16.3 Å². The Morgan fingerprint density at radius 3 is 2.38 bits per heavy atom. The molecule has 26 heavy (non-hydrogen) atoms. The van der Waals surface area contributed by atoms with Crippen LogP contribution in [0.2, 0.25) is 5.02 Å². The average molecular weight is 375 g/mol. The van der Waals surface area contributed by atoms with Gasteiger partial charge in [-0.2, -0.15) is 0 Å². The monoisotopic (exact) mass is 374 g/mol. The summed E-state index contributed by atoms with van der Waals surface area (Å²) in [7, 11) is 1.53. The van der Waals surface area contributed by atoms with E-state index in [2.05, 4.69) is 5.32 Å². The summed E-state index contributed by atoms with van der Waals surface area (Å²) in [6.45, 7) is 5.70. The van der Waals surface area contributed by atoms with Gasteiger partial charge >= 0.3 is 0 Å². The second-order valence-electron chi connectivity index (χ2n) is 6.05. The highest BCUT2D eigenvalue weighted by Crippen LogP contribution is 2.28. The molecule has 2 aromatic carbocycles. The van der Waals surface area contributed by atoms with Gasteiger partial charge in [-0.05, 0) is 43.2 Å². The Labute approximate surface area is 158 Å². The predicted molar refractivity (Wildman–Crippen MR) is 105 cm³/mol. The molecule has 0 heterocycles. The summed E-state index contributed by atoms with van der Waals surface area (Å²) in [6, 6.07) is 10.9. The van der Waals surface area contributed by atoms with Crippen LogP contribution in [-0.4, -0.2) is 25.5 Å². The van der Waals surface area contributed by atoms with Crippen molar-refractivity contribution >= 4 is 34.8 Å². The van der Waals surface area contributed by atoms with Gasteiger partial charge in [0.15, 0.2) is 0 Å². The molecule has 0 unspecified atom stereocenters. The number of halogens is 1. The van der Waals surface area contributed by atoms with Crippen LogP contribution in [0.25, 0.3) is 0 Å². The zero-order valence-corrected chi connectivity index (χ0v) is 16.2. The number of ether oxygens (including phenoxy) is 1. The van der Waals surface area contributed by atoms with Gasteiger partial charge in [-0.1, -0.05) is 29.8 Å². The molecule has 2 rings (SSSR count). The summed E-state index contributed by atoms with van der Waals surface area (Å²) in [4.78, 5) is 26.1. The number of carbonyl (C=O) groups is 2. The molecule has 1 N–H and O–H groups in total. The maximum absolute atomic E-state index is 12.4. The summed E-state index contributed by atoms with van der Waals surface area (Å²) in [6.07, 6.45) is 0.156. The SMILES string of the molecule is COc1ccc(Cl)cc1NC(=O)CCN(C(C)=O)c1c(C)cccc1C. The molecule has 0 bridgehead atoms. The fourth-order valence-corrected chi connectivity index (χ4v) is 3.03. The third kappa shape index (κ3) is 4.76. The zero-order chi connectivity index (χ0) is 19.3. The van der Waals surface area contributed by atoms with Crippen LogP contribution < -0.4 is 15.0 Å². The zero-order valence-electron chi connectivity index (χ0n) is 15.4. The van der Waals surface area contributed by atoms with Crippen LogP contribution >= 0.6 is 11.6 Å². The van der Waals surface area contributed by atoms with Gasteiger partial charge in [-0.25, -0.2) is 0 Å². The van der Waals surface area contributed by atoms with E-state index in [0.717, 1.165) is 16.8 Å². The van der Waals surface area contributed by atoms with E-state index in [1.54, 1.807) is 23.1 Å². The number of aryl methyl sites for hydroxylation is 2. The van der Waals surface area contributed by atoms with Crippen LogP contribution in [0.3, 0.4) is 0 Å². The Bertz CT molecular complexity index is 800. The number of para-hydroxylation sites is 1. The average Bonchev–Trinajstić information content (AvgIpc) is 2.57. The Balaban J connectivity index is 2.12. The molecule has 0 radical (unpaired) electrons. The van der Waals surface area contributed by atoms with Gasteiger partial charge in [0.25, 0.3) is 0 Å². The van der Waals surface area contributed by atoms with Crippen molar-refractivity contribution in [2.75, 3.05) is 23.9 Å². The lowest BCUT2D eigenvalue weighted by atomic mass is 10.1. The fraction of sp³-hybridized carbons (Fsp3) is 0.300. The van der Waals surface area contributed by atoms with Gasteiger partial charge in [-0.15, -0.1) is 0 Å². The van der Waals surface area contributed by atoms with Crippen molar-refractivity contribution in [1.82, 2.24) is 0 Å². The van der Waals surface area contributed by atoms with Gasteiger partial charge in [0.1, 0.15) is 5.75 Å². The van der Waals surface area contributed by atoms with Gasteiger partial charge in [0.05, 0.1) is 12.8 Å². The maximum atomic E-state index is 12.4. The summed E-state index contributed by atoms with van der Waals surface area (Å²) < 4.78 is 5.23. The van der Waals surface area contributed by atoms with Gasteiger partial charge < -0.3 is 15.0 Å². The van der Waals surface area contributed by atoms with E-state index < -0.39 is 0 Å². The first-order valence-corrected chi connectivity index (χ1v) is 8.69. The van der Waals surface area contributed by atoms with Crippen molar-refractivity contribution in [3.63, 3.8) is 0 Å². The Morgan fingerprint density at radius 1 is 1.15 bits per heavy atom. The topological polar surface area (TPSA) is 58.6 Å². The first-order chi connectivity index (χ1) is 12.3. The molecule has 0 fully saturated rings. The number of amides is 2. The number of nitrogens with one attached hydrogen (secondary N) is 1. The van der Waals surface area contributed by atoms with E-state index in [1.807, 2.05) is 32.0 Å². The lowest BCUT2D eigenvalue weighted by molar-refractivity contribution is -0.117. The van der Waals surface area contributed by atoms with Crippen LogP contribution in [0.15, 0.2) is 36.4 Å². The lowest BCUT2D eigenvalue weighted by Crippen LogP contribution is -2.33. The summed E-state index contributed by atoms with van der Waals surface area (Å²) >= 11 is 5.98. The van der Waals surface area contributed by atoms with Crippen molar-refractivity contribution in [1.29, 1.82) is 0 Å². The molecular weight excluding hydrogens is 352 g/mol. The van der Waals surface area contributed by atoms with Crippen molar-refractivity contribution in [2.24, 2.45) is 0 Å². The fourth-order valence-electron chi connectivity index (χ4n) is 2.86. The highest BCUT2D eigenvalue weighted by Gasteiger charge is 2.18. The third-order valence-electron chi connectivity index (χ3n) is 4.09. The molecule has 5 nitrogen and oxygen atoms in total. The van der Waals surface area contributed by atoms with Gasteiger partial charge in [0.2, 0.25) is 11.8 Å². The van der Waals surface area contributed by atoms with Crippen molar-refractivity contribution < 1.29 is 14.3 Å². The molecule has 0 aliphatic rings. The number of anilines is 2. The van der Waals surface area contributed by atoms with Crippen molar-refractivity contribution in [3.05, 3.63) is 52.5 Å². The van der Waals surface area contributed by atoms with E-state index >= 15 is 0 Å². The standard InChI is InChI=1S/C20H23ClN2O3/c1-13-6-5-7-14(2)20(13)23(15(3)24)11-10-19(25)22-17-12-16(21)8-9-18(17)26-4/h5-9,12H,10-11H2,1-4H3,(H,22,25). The highest BCUT2D eigenvalue weighted by atomic mass is 35.5. The molecule has 0 saturated carbocycles. The molecular formula is C20H23ClN2O3. The number of carbonyl (C=O) groups excluding carboxylic acids is 2. The quantitative estimate of drug-likeness (QED) is 0.817.